The molecule has 0 bridgehead atoms. The summed E-state index contributed by atoms with van der Waals surface area (Å²) in [5.74, 6) is -2.43. The highest BCUT2D eigenvalue weighted by atomic mass is 19.1. The van der Waals surface area contributed by atoms with Crippen LogP contribution in [-0.2, 0) is 17.8 Å². The Kier molecular flexibility index (Phi) is 7.76. The number of halogens is 3. The van der Waals surface area contributed by atoms with E-state index in [9.17, 15) is 18.7 Å². The van der Waals surface area contributed by atoms with E-state index in [4.69, 9.17) is 19.7 Å². The van der Waals surface area contributed by atoms with Crippen LogP contribution in [0.3, 0.4) is 0 Å². The highest BCUT2D eigenvalue weighted by Gasteiger charge is 2.39. The number of aromatic carboxylic acids is 1. The summed E-state index contributed by atoms with van der Waals surface area (Å²) in [6.45, 7) is 4.79. The molecular weight excluding hydrogens is 585 g/mol. The summed E-state index contributed by atoms with van der Waals surface area (Å²) in [5, 5.41) is 18.5. The number of nitrogens with zero attached hydrogens (tertiary/aromatic N) is 4. The standard InChI is InChI=1S/C34H27F3N4O4/c1-34(2)18-44-17-29(34)41-28-13-22(33(42)43)7-9-27(28)39-30(41)14-20-5-6-21(12-26(20)37)32-24(35)8-10-31(40-32)45-16-23-4-3-19(15-38)11-25(23)36/h3-13,29H,14,16-18H2,1-2H3,(H,42,43). The number of benzene rings is 3. The van der Waals surface area contributed by atoms with E-state index < -0.39 is 23.4 Å². The van der Waals surface area contributed by atoms with Gasteiger partial charge in [-0.05, 0) is 48.0 Å². The van der Waals surface area contributed by atoms with E-state index in [0.717, 1.165) is 12.1 Å². The SMILES string of the molecule is CC1(C)COCC1n1c(Cc2ccc(-c3nc(OCc4ccc(C#N)cc4F)ccc3F)cc2F)nc2ccc(C(=O)O)cc21. The summed E-state index contributed by atoms with van der Waals surface area (Å²) in [7, 11) is 0. The molecule has 45 heavy (non-hydrogen) atoms. The molecule has 0 spiro atoms. The van der Waals surface area contributed by atoms with Crippen LogP contribution in [0, 0.1) is 34.2 Å². The van der Waals surface area contributed by atoms with Gasteiger partial charge in [0.1, 0.15) is 35.6 Å². The lowest BCUT2D eigenvalue weighted by atomic mass is 9.87. The van der Waals surface area contributed by atoms with Crippen LogP contribution in [0.4, 0.5) is 13.2 Å². The van der Waals surface area contributed by atoms with Crippen molar-refractivity contribution in [3.05, 3.63) is 112 Å². The first kappa shape index (κ1) is 29.8. The number of carboxylic acid groups (broad SMARTS) is 1. The van der Waals surface area contributed by atoms with E-state index >= 15 is 4.39 Å². The predicted molar refractivity (Wildman–Crippen MR) is 158 cm³/mol. The number of pyridine rings is 1. The van der Waals surface area contributed by atoms with Gasteiger partial charge < -0.3 is 19.1 Å². The molecular formula is C34H27F3N4O4. The first-order valence-corrected chi connectivity index (χ1v) is 14.1. The molecule has 1 saturated heterocycles. The van der Waals surface area contributed by atoms with E-state index in [1.807, 2.05) is 10.6 Å². The van der Waals surface area contributed by atoms with Crippen molar-refractivity contribution in [1.82, 2.24) is 14.5 Å². The average molecular weight is 613 g/mol. The Balaban J connectivity index is 1.29. The number of hydrogen-bond acceptors (Lipinski definition) is 6. The lowest BCUT2D eigenvalue weighted by Gasteiger charge is -2.28. The van der Waals surface area contributed by atoms with E-state index in [2.05, 4.69) is 18.8 Å². The molecule has 0 amide bonds. The van der Waals surface area contributed by atoms with Crippen molar-refractivity contribution in [2.24, 2.45) is 5.41 Å². The maximum absolute atomic E-state index is 15.6. The monoisotopic (exact) mass is 612 g/mol. The predicted octanol–water partition coefficient (Wildman–Crippen LogP) is 6.85. The van der Waals surface area contributed by atoms with Gasteiger partial charge in [0.15, 0.2) is 0 Å². The van der Waals surface area contributed by atoms with Crippen LogP contribution in [0.25, 0.3) is 22.3 Å². The molecule has 5 aromatic rings. The summed E-state index contributed by atoms with van der Waals surface area (Å²) in [6.07, 6.45) is 0.0883. The number of aromatic nitrogens is 3. The molecule has 3 aromatic carbocycles. The number of carboxylic acids is 1. The lowest BCUT2D eigenvalue weighted by molar-refractivity contribution is 0.0697. The molecule has 1 fully saturated rings. The van der Waals surface area contributed by atoms with Crippen LogP contribution in [0.15, 0.2) is 66.7 Å². The normalized spacial score (nSPS) is 15.7. The number of hydrogen-bond donors (Lipinski definition) is 1. The topological polar surface area (TPSA) is 110 Å². The zero-order valence-electron chi connectivity index (χ0n) is 24.4. The molecule has 1 aliphatic rings. The average Bonchev–Trinajstić information content (AvgIpc) is 3.55. The molecule has 11 heteroatoms. The molecule has 1 aliphatic heterocycles. The van der Waals surface area contributed by atoms with Crippen molar-refractivity contribution >= 4 is 17.0 Å². The Labute approximate surface area is 256 Å². The third kappa shape index (κ3) is 5.84. The van der Waals surface area contributed by atoms with Crippen molar-refractivity contribution in [2.75, 3.05) is 13.2 Å². The van der Waals surface area contributed by atoms with Gasteiger partial charge >= 0.3 is 5.97 Å². The number of carbonyl (C=O) groups is 1. The second-order valence-electron chi connectivity index (χ2n) is 11.6. The minimum atomic E-state index is -1.06. The van der Waals surface area contributed by atoms with E-state index in [-0.39, 0.29) is 58.3 Å². The van der Waals surface area contributed by atoms with Crippen LogP contribution >= 0.6 is 0 Å². The van der Waals surface area contributed by atoms with Gasteiger partial charge in [0.2, 0.25) is 5.88 Å². The summed E-state index contributed by atoms with van der Waals surface area (Å²) >= 11 is 0. The van der Waals surface area contributed by atoms with E-state index in [1.165, 1.54) is 36.4 Å². The van der Waals surface area contributed by atoms with Gasteiger partial charge in [-0.25, -0.2) is 27.9 Å². The minimum absolute atomic E-state index is 0.00971. The Morgan fingerprint density at radius 3 is 2.49 bits per heavy atom. The molecule has 3 heterocycles. The van der Waals surface area contributed by atoms with Crippen molar-refractivity contribution < 1.29 is 32.5 Å². The van der Waals surface area contributed by atoms with Crippen LogP contribution in [0.2, 0.25) is 0 Å². The van der Waals surface area contributed by atoms with Crippen molar-refractivity contribution in [3.63, 3.8) is 0 Å². The second-order valence-corrected chi connectivity index (χ2v) is 11.6. The molecule has 0 saturated carbocycles. The number of fused-ring (bicyclic) bond motifs is 1. The molecule has 0 aliphatic carbocycles. The van der Waals surface area contributed by atoms with E-state index in [0.29, 0.717) is 35.6 Å². The first-order valence-electron chi connectivity index (χ1n) is 14.1. The molecule has 1 unspecified atom stereocenters. The number of rotatable bonds is 8. The van der Waals surface area contributed by atoms with Crippen LogP contribution in [0.1, 0.15) is 52.8 Å². The van der Waals surface area contributed by atoms with Gasteiger partial charge in [-0.15, -0.1) is 0 Å². The maximum Gasteiger partial charge on any atom is 0.335 e. The van der Waals surface area contributed by atoms with Gasteiger partial charge in [-0.3, -0.25) is 0 Å². The molecule has 2 aromatic heterocycles. The zero-order valence-corrected chi connectivity index (χ0v) is 24.4. The summed E-state index contributed by atoms with van der Waals surface area (Å²) in [6, 6.07) is 17.1. The zero-order chi connectivity index (χ0) is 31.9. The Bertz CT molecular complexity index is 2000. The van der Waals surface area contributed by atoms with Gasteiger partial charge in [0.05, 0.1) is 47.5 Å². The molecule has 228 valence electrons. The first-order chi connectivity index (χ1) is 21.5. The summed E-state index contributed by atoms with van der Waals surface area (Å²) in [4.78, 5) is 20.6. The number of imidazole rings is 1. The Morgan fingerprint density at radius 1 is 1.02 bits per heavy atom. The highest BCUT2D eigenvalue weighted by molar-refractivity contribution is 5.92. The Hall–Kier alpha value is -5.21. The number of ether oxygens (including phenoxy) is 2. The van der Waals surface area contributed by atoms with Gasteiger partial charge in [0.25, 0.3) is 0 Å². The van der Waals surface area contributed by atoms with Gasteiger partial charge in [-0.1, -0.05) is 32.0 Å². The van der Waals surface area contributed by atoms with Gasteiger partial charge in [0, 0.05) is 29.0 Å². The molecule has 6 rings (SSSR count). The largest absolute Gasteiger partial charge is 0.478 e. The maximum atomic E-state index is 15.6. The summed E-state index contributed by atoms with van der Waals surface area (Å²) in [5.41, 5.74) is 1.73. The third-order valence-electron chi connectivity index (χ3n) is 8.03. The smallest absolute Gasteiger partial charge is 0.335 e. The fourth-order valence-corrected chi connectivity index (χ4v) is 5.53. The van der Waals surface area contributed by atoms with Crippen LogP contribution < -0.4 is 4.74 Å². The van der Waals surface area contributed by atoms with E-state index in [1.54, 1.807) is 18.2 Å². The van der Waals surface area contributed by atoms with Gasteiger partial charge in [-0.2, -0.15) is 5.26 Å². The molecule has 1 N–H and O–H groups in total. The third-order valence-corrected chi connectivity index (χ3v) is 8.03. The summed E-state index contributed by atoms with van der Waals surface area (Å²) < 4.78 is 58.0. The molecule has 1 atom stereocenters. The lowest BCUT2D eigenvalue weighted by Crippen LogP contribution is -2.27. The van der Waals surface area contributed by atoms with Crippen LogP contribution in [0.5, 0.6) is 5.88 Å². The van der Waals surface area contributed by atoms with Crippen molar-refractivity contribution in [2.45, 2.75) is 32.9 Å². The quantitative estimate of drug-likeness (QED) is 0.204. The fraction of sp³-hybridized carbons (Fsp3) is 0.235. The fourth-order valence-electron chi connectivity index (χ4n) is 5.53. The highest BCUT2D eigenvalue weighted by Crippen LogP contribution is 2.40. The van der Waals surface area contributed by atoms with Crippen LogP contribution in [-0.4, -0.2) is 38.8 Å². The minimum Gasteiger partial charge on any atom is -0.478 e. The number of nitriles is 1. The Morgan fingerprint density at radius 2 is 1.80 bits per heavy atom. The van der Waals surface area contributed by atoms with Crippen molar-refractivity contribution in [3.8, 4) is 23.2 Å². The molecule has 8 nitrogen and oxygen atoms in total. The molecule has 0 radical (unpaired) electrons. The van der Waals surface area contributed by atoms with Crippen molar-refractivity contribution in [1.29, 1.82) is 5.26 Å². The second kappa shape index (κ2) is 11.7.